The lowest BCUT2D eigenvalue weighted by atomic mass is 9.46. The maximum Gasteiger partial charge on any atom is 0.255 e. The second-order valence-electron chi connectivity index (χ2n) is 10.4. The largest absolute Gasteiger partial charge is 0.508 e. The van der Waals surface area contributed by atoms with Crippen molar-refractivity contribution in [1.82, 2.24) is 4.90 Å². The van der Waals surface area contributed by atoms with E-state index in [1.54, 1.807) is 21.0 Å². The summed E-state index contributed by atoms with van der Waals surface area (Å²) in [6.07, 6.45) is 0.0127. The number of aliphatic hydroxyl groups excluding tert-OH is 3. The van der Waals surface area contributed by atoms with Gasteiger partial charge in [-0.3, -0.25) is 19.3 Å². The molecule has 36 heavy (non-hydrogen) atoms. The van der Waals surface area contributed by atoms with Crippen LogP contribution in [0.25, 0.3) is 5.76 Å². The molecule has 10 nitrogen and oxygen atoms in total. The second-order valence-corrected chi connectivity index (χ2v) is 10.4. The van der Waals surface area contributed by atoms with E-state index >= 15 is 0 Å². The van der Waals surface area contributed by atoms with Crippen molar-refractivity contribution in [2.75, 3.05) is 20.7 Å². The monoisotopic (exact) mass is 496 g/mol. The van der Waals surface area contributed by atoms with Gasteiger partial charge in [0.25, 0.3) is 5.91 Å². The van der Waals surface area contributed by atoms with Gasteiger partial charge < -0.3 is 31.3 Å². The molecule has 3 aliphatic rings. The molecular weight excluding hydrogens is 468 g/mol. The van der Waals surface area contributed by atoms with Gasteiger partial charge in [0, 0.05) is 22.0 Å². The number of Topliss-reactive ketones (excluding diaryl/α,β-unsaturated/α-hetero) is 2. The average Bonchev–Trinajstić information content (AvgIpc) is 2.75. The van der Waals surface area contributed by atoms with Crippen molar-refractivity contribution in [2.24, 2.45) is 16.6 Å². The van der Waals surface area contributed by atoms with Crippen LogP contribution in [0.5, 0.6) is 5.75 Å². The number of amides is 1. The van der Waals surface area contributed by atoms with E-state index in [-0.39, 0.29) is 29.7 Å². The summed E-state index contributed by atoms with van der Waals surface area (Å²) in [5.74, 6) is 0.0293. The Bertz CT molecular complexity index is 1360. The Morgan fingerprint density at radius 1 is 1.19 bits per heavy atom. The lowest BCUT2D eigenvalue weighted by molar-refractivity contribution is -0.176. The standard InChI is InChI=1S/C26H28N2O8/c1-24-10-13-12(6-5-9-29)7-8-14(30)15(13)18(31)17(24)22(34)26(36)21(33)16(23(27)35)19(32)20(28(3)4)25(26,2)11-24/h7-8,20,29-31,33,36H,9-11H2,1-4H3,(H2,27,35)/t20-,24+,25+,26-/m1/s1. The first kappa shape index (κ1) is 25.4. The Hall–Kier alpha value is -3.65. The summed E-state index contributed by atoms with van der Waals surface area (Å²) < 4.78 is 0. The highest BCUT2D eigenvalue weighted by Gasteiger charge is 2.72. The van der Waals surface area contributed by atoms with Gasteiger partial charge in [-0.05, 0) is 44.6 Å². The lowest BCUT2D eigenvalue weighted by Crippen LogP contribution is -2.72. The fourth-order valence-corrected chi connectivity index (χ4v) is 6.57. The fraction of sp³-hybridized carbons (Fsp3) is 0.423. The molecule has 4 rings (SSSR count). The number of ketones is 2. The van der Waals surface area contributed by atoms with Crippen LogP contribution in [0.3, 0.4) is 0 Å². The van der Waals surface area contributed by atoms with Crippen molar-refractivity contribution in [3.63, 3.8) is 0 Å². The number of hydrogen-bond donors (Lipinski definition) is 6. The third kappa shape index (κ3) is 3.00. The van der Waals surface area contributed by atoms with Crippen LogP contribution < -0.4 is 5.73 Å². The maximum atomic E-state index is 14.1. The highest BCUT2D eigenvalue weighted by atomic mass is 16.3. The molecule has 0 spiro atoms. The van der Waals surface area contributed by atoms with Crippen molar-refractivity contribution in [1.29, 1.82) is 0 Å². The van der Waals surface area contributed by atoms with Crippen LogP contribution in [0.1, 0.15) is 37.0 Å². The van der Waals surface area contributed by atoms with Crippen LogP contribution in [-0.2, 0) is 20.8 Å². The minimum atomic E-state index is -2.76. The van der Waals surface area contributed by atoms with E-state index in [1.165, 1.54) is 24.0 Å². The molecule has 1 amide bonds. The number of primary amides is 1. The molecule has 1 aromatic rings. The minimum Gasteiger partial charge on any atom is -0.508 e. The van der Waals surface area contributed by atoms with Crippen molar-refractivity contribution in [3.05, 3.63) is 45.7 Å². The zero-order valence-electron chi connectivity index (χ0n) is 20.3. The second kappa shape index (κ2) is 7.93. The number of benzene rings is 1. The molecule has 0 aliphatic heterocycles. The fourth-order valence-electron chi connectivity index (χ4n) is 6.57. The highest BCUT2D eigenvalue weighted by Crippen LogP contribution is 2.63. The van der Waals surface area contributed by atoms with E-state index in [4.69, 9.17) is 10.8 Å². The minimum absolute atomic E-state index is 0.0533. The van der Waals surface area contributed by atoms with Crippen molar-refractivity contribution >= 4 is 23.2 Å². The summed E-state index contributed by atoms with van der Waals surface area (Å²) in [6.45, 7) is 2.74. The Labute approximate surface area is 207 Å². The van der Waals surface area contributed by atoms with Gasteiger partial charge in [-0.15, -0.1) is 0 Å². The zero-order valence-corrected chi connectivity index (χ0v) is 20.3. The van der Waals surface area contributed by atoms with Crippen LogP contribution in [-0.4, -0.2) is 80.3 Å². The quantitative estimate of drug-likeness (QED) is 0.244. The Morgan fingerprint density at radius 2 is 1.83 bits per heavy atom. The molecule has 4 atom stereocenters. The van der Waals surface area contributed by atoms with Crippen LogP contribution in [0.2, 0.25) is 0 Å². The van der Waals surface area contributed by atoms with Crippen LogP contribution >= 0.6 is 0 Å². The topological polar surface area (TPSA) is 182 Å². The zero-order chi connectivity index (χ0) is 27.0. The number of aliphatic hydroxyl groups is 4. The van der Waals surface area contributed by atoms with Gasteiger partial charge >= 0.3 is 0 Å². The van der Waals surface area contributed by atoms with E-state index in [0.29, 0.717) is 11.1 Å². The van der Waals surface area contributed by atoms with Gasteiger partial charge in [-0.25, -0.2) is 0 Å². The molecule has 0 bridgehead atoms. The normalized spacial score (nSPS) is 31.5. The maximum absolute atomic E-state index is 14.1. The molecule has 0 aromatic heterocycles. The van der Waals surface area contributed by atoms with Crippen LogP contribution in [0.4, 0.5) is 0 Å². The SMILES string of the molecule is CN(C)[C@@H]1C(=O)C(C(N)=O)=C(O)[C@@]2(O)C(=O)C3=C(O)c4c(O)ccc(C#CCO)c4C[C@@]3(C)C[C@@]12C. The molecule has 3 aliphatic carbocycles. The van der Waals surface area contributed by atoms with Crippen LogP contribution in [0, 0.1) is 22.7 Å². The van der Waals surface area contributed by atoms with Gasteiger partial charge in [-0.1, -0.05) is 25.7 Å². The third-order valence-corrected chi connectivity index (χ3v) is 7.82. The number of phenols is 1. The molecule has 1 fully saturated rings. The smallest absolute Gasteiger partial charge is 0.255 e. The summed E-state index contributed by atoms with van der Waals surface area (Å²) in [5.41, 5.74) is -0.528. The first-order chi connectivity index (χ1) is 16.7. The highest BCUT2D eigenvalue weighted by molar-refractivity contribution is 6.25. The molecule has 190 valence electrons. The van der Waals surface area contributed by atoms with E-state index in [9.17, 15) is 34.8 Å². The first-order valence-corrected chi connectivity index (χ1v) is 11.3. The Kier molecular flexibility index (Phi) is 5.60. The van der Waals surface area contributed by atoms with Gasteiger partial charge in [0.1, 0.15) is 29.4 Å². The summed E-state index contributed by atoms with van der Waals surface area (Å²) >= 11 is 0. The molecule has 10 heteroatoms. The van der Waals surface area contributed by atoms with Crippen molar-refractivity contribution in [3.8, 4) is 17.6 Å². The molecule has 1 aromatic carbocycles. The number of hydrogen-bond acceptors (Lipinski definition) is 9. The van der Waals surface area contributed by atoms with Crippen molar-refractivity contribution in [2.45, 2.75) is 38.3 Å². The van der Waals surface area contributed by atoms with Crippen molar-refractivity contribution < 1.29 is 39.9 Å². The molecule has 1 saturated carbocycles. The number of nitrogens with two attached hydrogens (primary N) is 1. The number of carbonyl (C=O) groups is 3. The molecular formula is C26H28N2O8. The van der Waals surface area contributed by atoms with Gasteiger partial charge in [0.15, 0.2) is 11.4 Å². The number of rotatable bonds is 2. The molecule has 0 unspecified atom stereocenters. The molecule has 0 saturated heterocycles. The Morgan fingerprint density at radius 3 is 2.39 bits per heavy atom. The van der Waals surface area contributed by atoms with E-state index in [0.717, 1.165) is 0 Å². The predicted molar refractivity (Wildman–Crippen MR) is 127 cm³/mol. The summed E-state index contributed by atoms with van der Waals surface area (Å²) in [4.78, 5) is 41.0. The molecule has 0 radical (unpaired) electrons. The number of aromatic hydroxyl groups is 1. The molecule has 0 heterocycles. The summed E-state index contributed by atoms with van der Waals surface area (Å²) in [6, 6.07) is 1.60. The summed E-state index contributed by atoms with van der Waals surface area (Å²) in [7, 11) is 3.09. The number of fused-ring (bicyclic) bond motifs is 3. The first-order valence-electron chi connectivity index (χ1n) is 11.3. The average molecular weight is 497 g/mol. The predicted octanol–water partition coefficient (Wildman–Crippen LogP) is 0.0880. The molecule has 7 N–H and O–H groups in total. The Balaban J connectivity index is 2.09. The number of likely N-dealkylation sites (N-methyl/N-ethyl adjacent to an activating group) is 1. The number of phenolic OH excluding ortho intramolecular Hbond substituents is 1. The summed E-state index contributed by atoms with van der Waals surface area (Å²) in [5, 5.41) is 54.0. The lowest BCUT2D eigenvalue weighted by Gasteiger charge is -2.59. The third-order valence-electron chi connectivity index (χ3n) is 7.82. The van der Waals surface area contributed by atoms with Gasteiger partial charge in [-0.2, -0.15) is 0 Å². The van der Waals surface area contributed by atoms with E-state index in [1.807, 2.05) is 0 Å². The van der Waals surface area contributed by atoms with E-state index in [2.05, 4.69) is 11.8 Å². The number of carbonyl (C=O) groups excluding carboxylic acids is 3. The number of nitrogens with zero attached hydrogens (tertiary/aromatic N) is 1. The van der Waals surface area contributed by atoms with Gasteiger partial charge in [0.05, 0.1) is 11.6 Å². The van der Waals surface area contributed by atoms with Gasteiger partial charge in [0.2, 0.25) is 5.78 Å². The van der Waals surface area contributed by atoms with E-state index < -0.39 is 63.6 Å². The van der Waals surface area contributed by atoms with Crippen LogP contribution in [0.15, 0.2) is 29.0 Å².